The van der Waals surface area contributed by atoms with Gasteiger partial charge in [0.05, 0.1) is 11.0 Å². The van der Waals surface area contributed by atoms with E-state index in [9.17, 15) is 0 Å². The molecular formula is C59H45NS. The maximum Gasteiger partial charge on any atom is 0.0547 e. The molecule has 61 heavy (non-hydrogen) atoms. The first-order chi connectivity index (χ1) is 30.1. The zero-order chi connectivity index (χ0) is 40.9. The van der Waals surface area contributed by atoms with E-state index in [0.717, 1.165) is 12.8 Å². The van der Waals surface area contributed by atoms with Gasteiger partial charge in [0, 0.05) is 36.6 Å². The highest BCUT2D eigenvalue weighted by Gasteiger charge is 2.20. The van der Waals surface area contributed by atoms with Crippen molar-refractivity contribution in [2.75, 3.05) is 0 Å². The molecule has 2 heteroatoms. The van der Waals surface area contributed by atoms with Crippen molar-refractivity contribution >= 4 is 53.3 Å². The minimum absolute atomic E-state index is 0.345. The third kappa shape index (κ3) is 6.65. The first kappa shape index (κ1) is 37.0. The van der Waals surface area contributed by atoms with Crippen LogP contribution in [0.4, 0.5) is 0 Å². The largest absolute Gasteiger partial charge is 0.309 e. The van der Waals surface area contributed by atoms with Gasteiger partial charge in [-0.25, -0.2) is 0 Å². The fourth-order valence-corrected chi connectivity index (χ4v) is 10.8. The molecule has 0 saturated carbocycles. The monoisotopic (exact) mass is 799 g/mol. The van der Waals surface area contributed by atoms with Gasteiger partial charge in [0.2, 0.25) is 0 Å². The maximum absolute atomic E-state index is 2.50. The lowest BCUT2D eigenvalue weighted by molar-refractivity contribution is 0.662. The van der Waals surface area contributed by atoms with Gasteiger partial charge in [-0.1, -0.05) is 165 Å². The molecule has 292 valence electrons. The highest BCUT2D eigenvalue weighted by molar-refractivity contribution is 7.26. The summed E-state index contributed by atoms with van der Waals surface area (Å²) in [6, 6.07) is 76.4. The molecule has 0 N–H and O–H groups in total. The number of aromatic nitrogens is 1. The second kappa shape index (κ2) is 15.6. The molecule has 0 amide bonds. The number of hydrogen-bond donors (Lipinski definition) is 0. The van der Waals surface area contributed by atoms with Gasteiger partial charge >= 0.3 is 0 Å². The number of thiophene rings is 1. The fraction of sp³-hybridized carbons (Fsp3) is 0.0847. The molecule has 2 aromatic heterocycles. The Hall–Kier alpha value is -7.00. The Kier molecular flexibility index (Phi) is 9.44. The Labute approximate surface area is 361 Å². The summed E-state index contributed by atoms with van der Waals surface area (Å²) in [7, 11) is 0. The molecule has 1 atom stereocenters. The van der Waals surface area contributed by atoms with E-state index in [2.05, 4.69) is 225 Å². The first-order valence-electron chi connectivity index (χ1n) is 21.5. The van der Waals surface area contributed by atoms with Crippen molar-refractivity contribution in [1.82, 2.24) is 4.57 Å². The van der Waals surface area contributed by atoms with Gasteiger partial charge < -0.3 is 4.57 Å². The van der Waals surface area contributed by atoms with Crippen molar-refractivity contribution in [2.45, 2.75) is 32.6 Å². The number of benzene rings is 9. The molecule has 0 aliphatic heterocycles. The third-order valence-corrected chi connectivity index (χ3v) is 14.0. The van der Waals surface area contributed by atoms with Crippen LogP contribution in [0.5, 0.6) is 0 Å². The third-order valence-electron chi connectivity index (χ3n) is 12.8. The van der Waals surface area contributed by atoms with Gasteiger partial charge in [0.1, 0.15) is 0 Å². The summed E-state index contributed by atoms with van der Waals surface area (Å²) in [6.07, 6.45) is 2.00. The molecule has 0 spiro atoms. The summed E-state index contributed by atoms with van der Waals surface area (Å²) in [5.74, 6) is 0.345. The SMILES string of the molecule is CCC(Cc1ccccc1-c1cc(-c2ccc3c4ccccc4n(-c4ccccc4)c3c2)ccc1C)c1cc(-c2ccc(-c3ccccc3)cc2)c2sc3ccccc3c2c1. The molecule has 1 nitrogen and oxygen atoms in total. The van der Waals surface area contributed by atoms with Crippen LogP contribution in [-0.2, 0) is 6.42 Å². The summed E-state index contributed by atoms with van der Waals surface area (Å²) in [4.78, 5) is 0. The predicted octanol–water partition coefficient (Wildman–Crippen LogP) is 16.9. The van der Waals surface area contributed by atoms with E-state index >= 15 is 0 Å². The van der Waals surface area contributed by atoms with Crippen LogP contribution in [0.1, 0.15) is 36.0 Å². The summed E-state index contributed by atoms with van der Waals surface area (Å²) < 4.78 is 5.11. The van der Waals surface area contributed by atoms with Gasteiger partial charge in [0.25, 0.3) is 0 Å². The minimum atomic E-state index is 0.345. The van der Waals surface area contributed by atoms with Crippen LogP contribution in [0.15, 0.2) is 206 Å². The topological polar surface area (TPSA) is 4.93 Å². The Morgan fingerprint density at radius 1 is 0.443 bits per heavy atom. The van der Waals surface area contributed by atoms with E-state index in [4.69, 9.17) is 0 Å². The van der Waals surface area contributed by atoms with Crippen molar-refractivity contribution in [3.63, 3.8) is 0 Å². The lowest BCUT2D eigenvalue weighted by Gasteiger charge is -2.21. The molecule has 2 heterocycles. The average Bonchev–Trinajstić information content (AvgIpc) is 3.87. The predicted molar refractivity (Wildman–Crippen MR) is 263 cm³/mol. The maximum atomic E-state index is 2.50. The van der Waals surface area contributed by atoms with Gasteiger partial charge in [-0.3, -0.25) is 0 Å². The molecule has 0 bridgehead atoms. The van der Waals surface area contributed by atoms with Crippen LogP contribution in [0.2, 0.25) is 0 Å². The van der Waals surface area contributed by atoms with Gasteiger partial charge in [0.15, 0.2) is 0 Å². The summed E-state index contributed by atoms with van der Waals surface area (Å²) in [6.45, 7) is 4.61. The molecule has 0 aliphatic rings. The highest BCUT2D eigenvalue weighted by Crippen LogP contribution is 2.44. The van der Waals surface area contributed by atoms with Crippen LogP contribution in [0, 0.1) is 6.92 Å². The zero-order valence-electron chi connectivity index (χ0n) is 34.5. The molecule has 0 saturated heterocycles. The van der Waals surface area contributed by atoms with E-state index in [1.165, 1.54) is 109 Å². The molecule has 11 rings (SSSR count). The number of fused-ring (bicyclic) bond motifs is 6. The van der Waals surface area contributed by atoms with Crippen LogP contribution < -0.4 is 0 Å². The lowest BCUT2D eigenvalue weighted by atomic mass is 9.84. The normalized spacial score (nSPS) is 12.2. The van der Waals surface area contributed by atoms with Crippen LogP contribution in [-0.4, -0.2) is 4.57 Å². The van der Waals surface area contributed by atoms with Crippen molar-refractivity contribution in [3.8, 4) is 50.2 Å². The number of nitrogens with zero attached hydrogens (tertiary/aromatic N) is 1. The fourth-order valence-electron chi connectivity index (χ4n) is 9.59. The van der Waals surface area contributed by atoms with Crippen molar-refractivity contribution in [3.05, 3.63) is 223 Å². The van der Waals surface area contributed by atoms with Crippen molar-refractivity contribution < 1.29 is 0 Å². The number of rotatable bonds is 9. The number of hydrogen-bond acceptors (Lipinski definition) is 1. The van der Waals surface area contributed by atoms with Crippen molar-refractivity contribution in [2.24, 2.45) is 0 Å². The average molecular weight is 800 g/mol. The number of aryl methyl sites for hydroxylation is 1. The Morgan fingerprint density at radius 2 is 1.07 bits per heavy atom. The van der Waals surface area contributed by atoms with Gasteiger partial charge in [-0.2, -0.15) is 0 Å². The van der Waals surface area contributed by atoms with Crippen LogP contribution in [0.3, 0.4) is 0 Å². The van der Waals surface area contributed by atoms with E-state index in [1.54, 1.807) is 0 Å². The molecular weight excluding hydrogens is 755 g/mol. The summed E-state index contributed by atoms with van der Waals surface area (Å²) in [5, 5.41) is 5.25. The van der Waals surface area contributed by atoms with Crippen LogP contribution in [0.25, 0.3) is 92.2 Å². The molecule has 1 unspecified atom stereocenters. The second-order valence-electron chi connectivity index (χ2n) is 16.4. The van der Waals surface area contributed by atoms with E-state index < -0.39 is 0 Å². The summed E-state index contributed by atoms with van der Waals surface area (Å²) >= 11 is 1.92. The highest BCUT2D eigenvalue weighted by atomic mass is 32.1. The number of para-hydroxylation sites is 2. The molecule has 0 radical (unpaired) electrons. The van der Waals surface area contributed by atoms with Gasteiger partial charge in [-0.05, 0) is 135 Å². The lowest BCUT2D eigenvalue weighted by Crippen LogP contribution is -2.04. The molecule has 11 aromatic rings. The first-order valence-corrected chi connectivity index (χ1v) is 22.3. The molecule has 0 aliphatic carbocycles. The summed E-state index contributed by atoms with van der Waals surface area (Å²) in [5.41, 5.74) is 17.8. The molecule has 0 fully saturated rings. The Balaban J connectivity index is 0.984. The Bertz CT molecular complexity index is 3370. The van der Waals surface area contributed by atoms with E-state index in [1.807, 2.05) is 11.3 Å². The second-order valence-corrected chi connectivity index (χ2v) is 17.5. The standard InChI is InChI=1S/C59H45NS/c1-3-40(47-36-54(59-55(37-47)52-23-13-15-25-58(52)61-59)43-30-28-42(29-31-43)41-16-6-4-7-17-41)34-46-18-10-11-21-49(46)53-35-44(27-26-39(53)2)45-32-33-51-50-22-12-14-24-56(50)60(57(51)38-45)48-19-8-5-9-20-48/h4-33,35-38,40H,3,34H2,1-2H3. The van der Waals surface area contributed by atoms with Gasteiger partial charge in [-0.15, -0.1) is 11.3 Å². The molecule has 9 aromatic carbocycles. The minimum Gasteiger partial charge on any atom is -0.309 e. The zero-order valence-corrected chi connectivity index (χ0v) is 35.3. The van der Waals surface area contributed by atoms with E-state index in [-0.39, 0.29) is 0 Å². The van der Waals surface area contributed by atoms with E-state index in [0.29, 0.717) is 5.92 Å². The quantitative estimate of drug-likeness (QED) is 0.137. The smallest absolute Gasteiger partial charge is 0.0547 e. The van der Waals surface area contributed by atoms with Crippen molar-refractivity contribution in [1.29, 1.82) is 0 Å². The Morgan fingerprint density at radius 3 is 1.89 bits per heavy atom. The van der Waals surface area contributed by atoms with Crippen LogP contribution >= 0.6 is 11.3 Å².